The van der Waals surface area contributed by atoms with Crippen molar-refractivity contribution >= 4 is 5.69 Å². The second kappa shape index (κ2) is 5.46. The molecule has 0 atom stereocenters. The molecule has 0 saturated heterocycles. The Kier molecular flexibility index (Phi) is 4.24. The summed E-state index contributed by atoms with van der Waals surface area (Å²) in [6, 6.07) is 19.2. The van der Waals surface area contributed by atoms with E-state index in [9.17, 15) is 0 Å². The maximum Gasteiger partial charge on any atom is 0.0997 e. The predicted molar refractivity (Wildman–Crippen MR) is 55.8 cm³/mol. The summed E-state index contributed by atoms with van der Waals surface area (Å²) in [5.41, 5.74) is 2.52. The van der Waals surface area contributed by atoms with Crippen LogP contribution in [0.3, 0.4) is 0 Å². The fraction of sp³-hybridized carbons (Fsp3) is 0. The Morgan fingerprint density at radius 1 is 1.00 bits per heavy atom. The van der Waals surface area contributed by atoms with Crippen molar-refractivity contribution in [1.29, 1.82) is 0 Å². The molecule has 2 rings (SSSR count). The number of nitrogens with zero attached hydrogens (tertiary/aromatic N) is 1. The summed E-state index contributed by atoms with van der Waals surface area (Å²) in [7, 11) is 0. The van der Waals surface area contributed by atoms with Crippen LogP contribution in [0.5, 0.6) is 0 Å². The molecule has 0 spiro atoms. The Bertz CT molecular complexity index is 471. The first-order valence-electron chi connectivity index (χ1n) is 4.26. The zero-order valence-corrected chi connectivity index (χ0v) is 10.2. The van der Waals surface area contributed by atoms with Crippen molar-refractivity contribution in [2.75, 3.05) is 0 Å². The molecule has 0 amide bonds. The van der Waals surface area contributed by atoms with Gasteiger partial charge < -0.3 is 0 Å². The molecule has 75 valence electrons. The summed E-state index contributed by atoms with van der Waals surface area (Å²) < 4.78 is 0. The molecule has 1 radical (unpaired) electrons. The summed E-state index contributed by atoms with van der Waals surface area (Å²) >= 11 is 0. The molecule has 0 aliphatic heterocycles. The zero-order valence-electron chi connectivity index (χ0n) is 7.82. The molecular weight excluding hydrogens is 362 g/mol. The molecule has 0 unspecified atom stereocenters. The minimum atomic E-state index is 0. The van der Waals surface area contributed by atoms with Crippen molar-refractivity contribution in [2.24, 2.45) is 0 Å². The topological polar surface area (TPSA) is 4.36 Å². The van der Waals surface area contributed by atoms with Crippen LogP contribution in [0.4, 0.5) is 5.69 Å². The van der Waals surface area contributed by atoms with E-state index in [4.69, 9.17) is 6.57 Å². The maximum atomic E-state index is 6.90. The predicted octanol–water partition coefficient (Wildman–Crippen LogP) is 3.50. The first-order valence-corrected chi connectivity index (χ1v) is 4.26. The first-order chi connectivity index (χ1) is 6.90. The molecule has 2 heteroatoms. The van der Waals surface area contributed by atoms with E-state index in [2.05, 4.69) is 17.0 Å². The van der Waals surface area contributed by atoms with Gasteiger partial charge in [-0.3, -0.25) is 4.85 Å². The minimum absolute atomic E-state index is 0. The van der Waals surface area contributed by atoms with Gasteiger partial charge in [0.15, 0.2) is 0 Å². The van der Waals surface area contributed by atoms with Gasteiger partial charge >= 0.3 is 0 Å². The average Bonchev–Trinajstić information content (AvgIpc) is 2.30. The third-order valence-electron chi connectivity index (χ3n) is 1.91. The smallest absolute Gasteiger partial charge is 0.0997 e. The summed E-state index contributed by atoms with van der Waals surface area (Å²) in [5, 5.41) is 0. The fourth-order valence-electron chi connectivity index (χ4n) is 1.24. The zero-order chi connectivity index (χ0) is 9.80. The Labute approximate surface area is 103 Å². The molecule has 0 bridgehead atoms. The molecular formula is C13H7IrN-2. The van der Waals surface area contributed by atoms with Gasteiger partial charge in [0.05, 0.1) is 12.3 Å². The van der Waals surface area contributed by atoms with E-state index in [1.165, 1.54) is 0 Å². The number of rotatable bonds is 1. The SMILES string of the molecule is [C-]#[N+]c1cc[c-]c(-c2[c-]cccc2)c1.[Ir]. The Morgan fingerprint density at radius 2 is 1.80 bits per heavy atom. The minimum Gasteiger partial charge on any atom is -0.259 e. The maximum absolute atomic E-state index is 6.90. The van der Waals surface area contributed by atoms with Crippen LogP contribution < -0.4 is 0 Å². The fourth-order valence-corrected chi connectivity index (χ4v) is 1.24. The molecule has 0 N–H and O–H groups in total. The molecule has 2 aromatic carbocycles. The molecule has 0 saturated carbocycles. The van der Waals surface area contributed by atoms with Crippen molar-refractivity contribution in [2.45, 2.75) is 0 Å². The number of benzene rings is 2. The molecule has 15 heavy (non-hydrogen) atoms. The molecule has 2 aromatic rings. The van der Waals surface area contributed by atoms with Gasteiger partial charge in [-0.1, -0.05) is 0 Å². The third kappa shape index (κ3) is 2.76. The summed E-state index contributed by atoms with van der Waals surface area (Å²) in [6.45, 7) is 6.90. The second-order valence-corrected chi connectivity index (χ2v) is 2.85. The largest absolute Gasteiger partial charge is 0.259 e. The van der Waals surface area contributed by atoms with Crippen molar-refractivity contribution in [3.05, 3.63) is 66.0 Å². The third-order valence-corrected chi connectivity index (χ3v) is 1.91. The standard InChI is InChI=1S/C13H7N.Ir/c1-14-13-9-5-8-12(10-13)11-6-3-2-4-7-11;/h2-6,9-10H;/q-2;. The summed E-state index contributed by atoms with van der Waals surface area (Å²) in [4.78, 5) is 3.37. The van der Waals surface area contributed by atoms with Crippen molar-refractivity contribution in [1.82, 2.24) is 0 Å². The summed E-state index contributed by atoms with van der Waals surface area (Å²) in [6.07, 6.45) is 0. The van der Waals surface area contributed by atoms with Gasteiger partial charge in [-0.05, 0) is 0 Å². The number of hydrogen-bond acceptors (Lipinski definition) is 0. The van der Waals surface area contributed by atoms with Crippen molar-refractivity contribution in [3.8, 4) is 11.1 Å². The van der Waals surface area contributed by atoms with Crippen LogP contribution in [-0.4, -0.2) is 0 Å². The van der Waals surface area contributed by atoms with Crippen LogP contribution in [0, 0.1) is 18.7 Å². The van der Waals surface area contributed by atoms with Gasteiger partial charge in [0.2, 0.25) is 0 Å². The van der Waals surface area contributed by atoms with Crippen LogP contribution in [0.1, 0.15) is 0 Å². The van der Waals surface area contributed by atoms with E-state index >= 15 is 0 Å². The van der Waals surface area contributed by atoms with Crippen LogP contribution in [0.25, 0.3) is 16.0 Å². The van der Waals surface area contributed by atoms with E-state index in [-0.39, 0.29) is 20.1 Å². The van der Waals surface area contributed by atoms with E-state index in [1.807, 2.05) is 30.3 Å². The van der Waals surface area contributed by atoms with Gasteiger partial charge in [-0.15, -0.1) is 12.1 Å². The molecule has 0 heterocycles. The van der Waals surface area contributed by atoms with Gasteiger partial charge in [0.1, 0.15) is 0 Å². The van der Waals surface area contributed by atoms with E-state index in [0.29, 0.717) is 5.69 Å². The van der Waals surface area contributed by atoms with Crippen LogP contribution in [0.15, 0.2) is 42.5 Å². The second-order valence-electron chi connectivity index (χ2n) is 2.85. The van der Waals surface area contributed by atoms with Crippen LogP contribution in [0.2, 0.25) is 0 Å². The monoisotopic (exact) mass is 370 g/mol. The first kappa shape index (κ1) is 11.7. The van der Waals surface area contributed by atoms with Crippen LogP contribution in [-0.2, 0) is 20.1 Å². The van der Waals surface area contributed by atoms with Gasteiger partial charge in [0, 0.05) is 20.1 Å². The van der Waals surface area contributed by atoms with Crippen molar-refractivity contribution in [3.63, 3.8) is 0 Å². The van der Waals surface area contributed by atoms with E-state index in [1.54, 1.807) is 12.1 Å². The van der Waals surface area contributed by atoms with Crippen molar-refractivity contribution < 1.29 is 20.1 Å². The van der Waals surface area contributed by atoms with Gasteiger partial charge in [-0.2, -0.15) is 42.5 Å². The molecule has 1 nitrogen and oxygen atoms in total. The van der Waals surface area contributed by atoms with Gasteiger partial charge in [0.25, 0.3) is 0 Å². The molecule has 0 fully saturated rings. The van der Waals surface area contributed by atoms with Gasteiger partial charge in [-0.25, -0.2) is 11.1 Å². The Balaban J connectivity index is 0.00000112. The normalized spacial score (nSPS) is 8.73. The van der Waals surface area contributed by atoms with Crippen LogP contribution >= 0.6 is 0 Å². The molecule has 0 aromatic heterocycles. The van der Waals surface area contributed by atoms with E-state index in [0.717, 1.165) is 11.1 Å². The quantitative estimate of drug-likeness (QED) is 0.678. The molecule has 0 aliphatic carbocycles. The molecule has 0 aliphatic rings. The average molecular weight is 369 g/mol. The van der Waals surface area contributed by atoms with E-state index < -0.39 is 0 Å². The summed E-state index contributed by atoms with van der Waals surface area (Å²) in [5.74, 6) is 0. The Morgan fingerprint density at radius 3 is 2.47 bits per heavy atom. The Hall–Kier alpha value is -1.42. The number of hydrogen-bond donors (Lipinski definition) is 0.